The number of hydrogen-bond acceptors (Lipinski definition) is 3. The largest absolute Gasteiger partial charge is 0.493 e. The monoisotopic (exact) mass is 456 g/mol. The number of rotatable bonds is 5. The van der Waals surface area contributed by atoms with Crippen LogP contribution >= 0.6 is 0 Å². The number of aromatic nitrogens is 1. The number of anilines is 1. The molecule has 0 atom stereocenters. The SMILES string of the molecule is CC1=CC(c2ccc(C)c(N)n2)=C(OCc2ccc(C3CCC(C(F)(F)F)CC3)cc2)CC1. The molecule has 0 aliphatic heterocycles. The first-order chi connectivity index (χ1) is 15.7. The average Bonchev–Trinajstić information content (AvgIpc) is 2.80. The lowest BCUT2D eigenvalue weighted by Gasteiger charge is -2.30. The van der Waals surface area contributed by atoms with Crippen molar-refractivity contribution < 1.29 is 17.9 Å². The first kappa shape index (κ1) is 23.4. The molecule has 0 radical (unpaired) electrons. The number of aryl methyl sites for hydroxylation is 1. The normalized spacial score (nSPS) is 21.7. The van der Waals surface area contributed by atoms with Gasteiger partial charge in [-0.25, -0.2) is 4.98 Å². The third-order valence-electron chi connectivity index (χ3n) is 6.90. The molecule has 1 aromatic carbocycles. The first-order valence-corrected chi connectivity index (χ1v) is 11.6. The molecule has 3 nitrogen and oxygen atoms in total. The quantitative estimate of drug-likeness (QED) is 0.507. The van der Waals surface area contributed by atoms with Crippen molar-refractivity contribution in [3.8, 4) is 0 Å². The third kappa shape index (κ3) is 5.60. The van der Waals surface area contributed by atoms with Gasteiger partial charge < -0.3 is 10.5 Å². The third-order valence-corrected chi connectivity index (χ3v) is 6.90. The van der Waals surface area contributed by atoms with Gasteiger partial charge >= 0.3 is 6.18 Å². The fourth-order valence-corrected chi connectivity index (χ4v) is 4.72. The van der Waals surface area contributed by atoms with Gasteiger partial charge in [0.25, 0.3) is 0 Å². The van der Waals surface area contributed by atoms with Gasteiger partial charge in [-0.2, -0.15) is 13.2 Å². The number of nitrogens with two attached hydrogens (primary N) is 1. The molecule has 1 fully saturated rings. The minimum atomic E-state index is -4.06. The van der Waals surface area contributed by atoms with Gasteiger partial charge in [-0.05, 0) is 74.6 Å². The summed E-state index contributed by atoms with van der Waals surface area (Å²) in [4.78, 5) is 4.54. The zero-order chi connectivity index (χ0) is 23.6. The second-order valence-corrected chi connectivity index (χ2v) is 9.35. The number of nitrogens with zero attached hydrogens (tertiary/aromatic N) is 1. The van der Waals surface area contributed by atoms with Gasteiger partial charge in [0, 0.05) is 12.0 Å². The van der Waals surface area contributed by atoms with E-state index in [0.717, 1.165) is 46.6 Å². The summed E-state index contributed by atoms with van der Waals surface area (Å²) in [6.45, 7) is 4.48. The lowest BCUT2D eigenvalue weighted by Crippen LogP contribution is -2.27. The zero-order valence-electron chi connectivity index (χ0n) is 19.2. The van der Waals surface area contributed by atoms with Crippen LogP contribution in [0.5, 0.6) is 0 Å². The number of hydrogen-bond donors (Lipinski definition) is 1. The van der Waals surface area contributed by atoms with Crippen LogP contribution in [0.15, 0.2) is 53.8 Å². The summed E-state index contributed by atoms with van der Waals surface area (Å²) in [5.41, 5.74) is 12.2. The van der Waals surface area contributed by atoms with Crippen LogP contribution in [0.2, 0.25) is 0 Å². The van der Waals surface area contributed by atoms with E-state index in [1.165, 1.54) is 5.57 Å². The number of ether oxygens (including phenoxy) is 1. The van der Waals surface area contributed by atoms with E-state index in [0.29, 0.717) is 25.3 Å². The first-order valence-electron chi connectivity index (χ1n) is 11.6. The van der Waals surface area contributed by atoms with Gasteiger partial charge in [-0.1, -0.05) is 42.0 Å². The Bertz CT molecular complexity index is 1050. The summed E-state index contributed by atoms with van der Waals surface area (Å²) in [6, 6.07) is 12.1. The van der Waals surface area contributed by atoms with Crippen LogP contribution in [-0.4, -0.2) is 11.2 Å². The van der Waals surface area contributed by atoms with E-state index in [1.807, 2.05) is 43.3 Å². The topological polar surface area (TPSA) is 48.1 Å². The molecule has 2 aliphatic rings. The number of nitrogen functional groups attached to an aromatic ring is 1. The summed E-state index contributed by atoms with van der Waals surface area (Å²) in [5.74, 6) is 0.495. The van der Waals surface area contributed by atoms with Crippen molar-refractivity contribution >= 4 is 11.4 Å². The number of alkyl halides is 3. The lowest BCUT2D eigenvalue weighted by atomic mass is 9.78. The van der Waals surface area contributed by atoms with Gasteiger partial charge in [0.15, 0.2) is 0 Å². The summed E-state index contributed by atoms with van der Waals surface area (Å²) in [6.07, 6.45) is 1.44. The highest BCUT2D eigenvalue weighted by Crippen LogP contribution is 2.43. The zero-order valence-corrected chi connectivity index (χ0v) is 19.2. The van der Waals surface area contributed by atoms with Crippen LogP contribution < -0.4 is 5.73 Å². The number of benzene rings is 1. The number of pyridine rings is 1. The molecule has 0 spiro atoms. The fraction of sp³-hybridized carbons (Fsp3) is 0.444. The van der Waals surface area contributed by atoms with Crippen LogP contribution in [0.3, 0.4) is 0 Å². The number of allylic oxidation sites excluding steroid dienone is 4. The Balaban J connectivity index is 1.42. The van der Waals surface area contributed by atoms with Crippen molar-refractivity contribution in [2.45, 2.75) is 71.1 Å². The second-order valence-electron chi connectivity index (χ2n) is 9.35. The van der Waals surface area contributed by atoms with Crippen LogP contribution in [0.25, 0.3) is 5.57 Å². The molecule has 1 saturated carbocycles. The number of halogens is 3. The fourth-order valence-electron chi connectivity index (χ4n) is 4.72. The molecular formula is C27H31F3N2O. The van der Waals surface area contributed by atoms with Gasteiger partial charge in [-0.15, -0.1) is 0 Å². The summed E-state index contributed by atoms with van der Waals surface area (Å²) >= 11 is 0. The lowest BCUT2D eigenvalue weighted by molar-refractivity contribution is -0.182. The maximum Gasteiger partial charge on any atom is 0.391 e. The average molecular weight is 457 g/mol. The Morgan fingerprint density at radius 3 is 2.30 bits per heavy atom. The molecule has 2 N–H and O–H groups in total. The molecule has 1 heterocycles. The van der Waals surface area contributed by atoms with E-state index in [4.69, 9.17) is 10.5 Å². The van der Waals surface area contributed by atoms with Crippen LogP contribution in [0.1, 0.15) is 73.8 Å². The summed E-state index contributed by atoms with van der Waals surface area (Å²) in [5, 5.41) is 0. The summed E-state index contributed by atoms with van der Waals surface area (Å²) < 4.78 is 45.0. The smallest absolute Gasteiger partial charge is 0.391 e. The van der Waals surface area contributed by atoms with Gasteiger partial charge in [-0.3, -0.25) is 0 Å². The van der Waals surface area contributed by atoms with E-state index in [1.54, 1.807) is 0 Å². The van der Waals surface area contributed by atoms with E-state index >= 15 is 0 Å². The Morgan fingerprint density at radius 1 is 0.970 bits per heavy atom. The van der Waals surface area contributed by atoms with Crippen molar-refractivity contribution in [1.29, 1.82) is 0 Å². The van der Waals surface area contributed by atoms with E-state index in [2.05, 4.69) is 18.0 Å². The molecule has 2 aliphatic carbocycles. The van der Waals surface area contributed by atoms with E-state index in [9.17, 15) is 13.2 Å². The molecule has 2 aromatic rings. The van der Waals surface area contributed by atoms with Crippen LogP contribution in [-0.2, 0) is 11.3 Å². The van der Waals surface area contributed by atoms with Crippen molar-refractivity contribution in [3.63, 3.8) is 0 Å². The molecule has 33 heavy (non-hydrogen) atoms. The van der Waals surface area contributed by atoms with Gasteiger partial charge in [0.2, 0.25) is 0 Å². The second kappa shape index (κ2) is 9.62. The molecule has 0 bridgehead atoms. The molecule has 0 saturated heterocycles. The predicted octanol–water partition coefficient (Wildman–Crippen LogP) is 7.48. The molecule has 4 rings (SSSR count). The van der Waals surface area contributed by atoms with Crippen molar-refractivity contribution in [2.24, 2.45) is 5.92 Å². The minimum absolute atomic E-state index is 0.206. The Kier molecular flexibility index (Phi) is 6.82. The van der Waals surface area contributed by atoms with Gasteiger partial charge in [0.1, 0.15) is 18.2 Å². The summed E-state index contributed by atoms with van der Waals surface area (Å²) in [7, 11) is 0. The highest BCUT2D eigenvalue weighted by atomic mass is 19.4. The molecule has 176 valence electrons. The highest BCUT2D eigenvalue weighted by molar-refractivity contribution is 5.76. The van der Waals surface area contributed by atoms with Crippen LogP contribution in [0.4, 0.5) is 19.0 Å². The molecular weight excluding hydrogens is 425 g/mol. The van der Waals surface area contributed by atoms with Crippen LogP contribution in [0, 0.1) is 12.8 Å². The predicted molar refractivity (Wildman–Crippen MR) is 125 cm³/mol. The molecule has 0 unspecified atom stereocenters. The maximum absolute atomic E-state index is 12.9. The minimum Gasteiger partial charge on any atom is -0.493 e. The van der Waals surface area contributed by atoms with E-state index in [-0.39, 0.29) is 18.8 Å². The standard InChI is InChI=1S/C27H31F3N2O/c1-17-3-14-25(23(15-17)24-13-4-18(2)26(31)32-24)33-16-19-5-7-20(8-6-19)21-9-11-22(12-10-21)27(28,29)30/h4-8,13,15,21-22H,3,9-12,14,16H2,1-2H3,(H2,31,32). The Labute approximate surface area is 193 Å². The molecule has 1 aromatic heterocycles. The molecule has 0 amide bonds. The van der Waals surface area contributed by atoms with Crippen molar-refractivity contribution in [3.05, 3.63) is 76.2 Å². The Morgan fingerprint density at radius 2 is 1.67 bits per heavy atom. The van der Waals surface area contributed by atoms with Gasteiger partial charge in [0.05, 0.1) is 11.6 Å². The van der Waals surface area contributed by atoms with Crippen molar-refractivity contribution in [1.82, 2.24) is 4.98 Å². The highest BCUT2D eigenvalue weighted by Gasteiger charge is 2.41. The molecule has 6 heteroatoms. The van der Waals surface area contributed by atoms with E-state index < -0.39 is 12.1 Å². The Hall–Kier alpha value is -2.76. The van der Waals surface area contributed by atoms with Crippen molar-refractivity contribution in [2.75, 3.05) is 5.73 Å². The maximum atomic E-state index is 12.9.